The Morgan fingerprint density at radius 3 is 1.62 bits per heavy atom. The summed E-state index contributed by atoms with van der Waals surface area (Å²) < 4.78 is 5.25. The van der Waals surface area contributed by atoms with E-state index in [9.17, 15) is 4.79 Å². The van der Waals surface area contributed by atoms with Crippen molar-refractivity contribution in [2.24, 2.45) is 5.92 Å². The molecular weight excluding hydrogens is 356 g/mol. The molecule has 0 aliphatic carbocycles. The molecule has 0 amide bonds. The van der Waals surface area contributed by atoms with E-state index in [1.165, 1.54) is 103 Å². The van der Waals surface area contributed by atoms with Crippen molar-refractivity contribution in [1.82, 2.24) is 0 Å². The maximum atomic E-state index is 11.6. The molecule has 172 valence electrons. The summed E-state index contributed by atoms with van der Waals surface area (Å²) in [5.74, 6) is 0.598. The average molecular weight is 409 g/mol. The summed E-state index contributed by atoms with van der Waals surface area (Å²) >= 11 is 0. The number of hydrogen-bond donors (Lipinski definition) is 0. The Hall–Kier alpha value is -0.790. The Bertz CT molecular complexity index is 360. The molecule has 2 nitrogen and oxygen atoms in total. The first kappa shape index (κ1) is 28.2. The summed E-state index contributed by atoms with van der Waals surface area (Å²) in [4.78, 5) is 11.6. The van der Waals surface area contributed by atoms with Crippen LogP contribution in [0.25, 0.3) is 0 Å². The van der Waals surface area contributed by atoms with Crippen LogP contribution in [0.4, 0.5) is 0 Å². The first-order valence-electron chi connectivity index (χ1n) is 13.0. The highest BCUT2D eigenvalue weighted by Gasteiger charge is 2.03. The molecule has 0 aromatic rings. The van der Waals surface area contributed by atoms with Crippen molar-refractivity contribution in [3.8, 4) is 0 Å². The van der Waals surface area contributed by atoms with Gasteiger partial charge in [-0.3, -0.25) is 4.79 Å². The van der Waals surface area contributed by atoms with Gasteiger partial charge in [-0.1, -0.05) is 110 Å². The molecule has 0 spiro atoms. The van der Waals surface area contributed by atoms with Crippen molar-refractivity contribution in [2.75, 3.05) is 6.61 Å². The van der Waals surface area contributed by atoms with Crippen LogP contribution in [-0.2, 0) is 9.53 Å². The van der Waals surface area contributed by atoms with Gasteiger partial charge in [0.25, 0.3) is 0 Å². The van der Waals surface area contributed by atoms with E-state index in [1.54, 1.807) is 0 Å². The van der Waals surface area contributed by atoms with Crippen molar-refractivity contribution in [1.29, 1.82) is 0 Å². The molecule has 2 heteroatoms. The largest absolute Gasteiger partial charge is 0.466 e. The Morgan fingerprint density at radius 2 is 1.14 bits per heavy atom. The first-order chi connectivity index (χ1) is 14.2. The van der Waals surface area contributed by atoms with Gasteiger partial charge in [-0.15, -0.1) is 0 Å². The fourth-order valence-electron chi connectivity index (χ4n) is 3.53. The van der Waals surface area contributed by atoms with Crippen LogP contribution in [-0.4, -0.2) is 12.6 Å². The molecule has 29 heavy (non-hydrogen) atoms. The smallest absolute Gasteiger partial charge is 0.305 e. The molecule has 0 aliphatic rings. The van der Waals surface area contributed by atoms with Crippen LogP contribution < -0.4 is 0 Å². The highest BCUT2D eigenvalue weighted by molar-refractivity contribution is 5.69. The van der Waals surface area contributed by atoms with Gasteiger partial charge in [-0.25, -0.2) is 0 Å². The second-order valence-electron chi connectivity index (χ2n) is 9.15. The monoisotopic (exact) mass is 408 g/mol. The molecule has 0 aromatic heterocycles. The van der Waals surface area contributed by atoms with Crippen molar-refractivity contribution >= 4 is 5.97 Å². The number of rotatable bonds is 22. The van der Waals surface area contributed by atoms with Gasteiger partial charge >= 0.3 is 5.97 Å². The highest BCUT2D eigenvalue weighted by Crippen LogP contribution is 2.12. The summed E-state index contributed by atoms with van der Waals surface area (Å²) in [6.45, 7) is 7.18. The zero-order valence-electron chi connectivity index (χ0n) is 20.2. The van der Waals surface area contributed by atoms with Gasteiger partial charge in [-0.05, 0) is 44.4 Å². The second-order valence-corrected chi connectivity index (χ2v) is 9.15. The molecule has 0 radical (unpaired) electrons. The van der Waals surface area contributed by atoms with E-state index in [0.29, 0.717) is 18.9 Å². The fraction of sp³-hybridized carbons (Fsp3) is 0.889. The van der Waals surface area contributed by atoms with E-state index >= 15 is 0 Å². The SMILES string of the molecule is CCCCCCCC/C=C\CCCCCCCCCCCC(=O)OCCC(C)C. The van der Waals surface area contributed by atoms with Crippen LogP contribution in [0, 0.1) is 5.92 Å². The van der Waals surface area contributed by atoms with Crippen LogP contribution >= 0.6 is 0 Å². The number of carbonyl (C=O) groups excluding carboxylic acids is 1. The summed E-state index contributed by atoms with van der Waals surface area (Å²) in [5, 5.41) is 0. The van der Waals surface area contributed by atoms with E-state index in [0.717, 1.165) is 12.8 Å². The number of ether oxygens (including phenoxy) is 1. The fourth-order valence-corrected chi connectivity index (χ4v) is 3.53. The minimum atomic E-state index is -0.00771. The molecule has 0 aliphatic heterocycles. The van der Waals surface area contributed by atoms with E-state index in [1.807, 2.05) is 0 Å². The Morgan fingerprint density at radius 1 is 0.690 bits per heavy atom. The lowest BCUT2D eigenvalue weighted by Crippen LogP contribution is -2.07. The predicted molar refractivity (Wildman–Crippen MR) is 128 cm³/mol. The molecule has 0 N–H and O–H groups in total. The molecule has 0 saturated heterocycles. The summed E-state index contributed by atoms with van der Waals surface area (Å²) in [6.07, 6.45) is 28.9. The third kappa shape index (κ3) is 25.2. The zero-order chi connectivity index (χ0) is 21.4. The number of allylic oxidation sites excluding steroid dienone is 2. The highest BCUT2D eigenvalue weighted by atomic mass is 16.5. The lowest BCUT2D eigenvalue weighted by atomic mass is 10.1. The summed E-state index contributed by atoms with van der Waals surface area (Å²) in [7, 11) is 0. The van der Waals surface area contributed by atoms with Crippen LogP contribution in [0.2, 0.25) is 0 Å². The van der Waals surface area contributed by atoms with Gasteiger partial charge in [0.05, 0.1) is 6.61 Å². The quantitative estimate of drug-likeness (QED) is 0.101. The van der Waals surface area contributed by atoms with E-state index in [2.05, 4.69) is 32.9 Å². The predicted octanol–water partition coefficient (Wildman–Crippen LogP) is 9.17. The molecule has 0 rings (SSSR count). The van der Waals surface area contributed by atoms with Crippen LogP contribution in [0.3, 0.4) is 0 Å². The average Bonchev–Trinajstić information content (AvgIpc) is 2.69. The van der Waals surface area contributed by atoms with Crippen LogP contribution in [0.1, 0.15) is 143 Å². The Labute approximate surface area is 183 Å². The third-order valence-electron chi connectivity index (χ3n) is 5.60. The maximum absolute atomic E-state index is 11.6. The summed E-state index contributed by atoms with van der Waals surface area (Å²) in [6, 6.07) is 0. The normalized spacial score (nSPS) is 11.6. The van der Waals surface area contributed by atoms with E-state index in [-0.39, 0.29) is 5.97 Å². The van der Waals surface area contributed by atoms with Gasteiger partial charge in [0.2, 0.25) is 0 Å². The molecule has 0 saturated carbocycles. The second kappa shape index (κ2) is 23.5. The van der Waals surface area contributed by atoms with Gasteiger partial charge in [0.1, 0.15) is 0 Å². The molecule has 0 atom stereocenters. The Balaban J connectivity index is 3.16. The van der Waals surface area contributed by atoms with Crippen molar-refractivity contribution in [3.05, 3.63) is 12.2 Å². The Kier molecular flexibility index (Phi) is 22.8. The number of unbranched alkanes of at least 4 members (excludes halogenated alkanes) is 15. The topological polar surface area (TPSA) is 26.3 Å². The maximum Gasteiger partial charge on any atom is 0.305 e. The lowest BCUT2D eigenvalue weighted by Gasteiger charge is -2.06. The van der Waals surface area contributed by atoms with Crippen LogP contribution in [0.15, 0.2) is 12.2 Å². The van der Waals surface area contributed by atoms with Gasteiger partial charge in [0.15, 0.2) is 0 Å². The lowest BCUT2D eigenvalue weighted by molar-refractivity contribution is -0.144. The van der Waals surface area contributed by atoms with Crippen molar-refractivity contribution in [2.45, 2.75) is 143 Å². The molecule has 0 fully saturated rings. The number of esters is 1. The third-order valence-corrected chi connectivity index (χ3v) is 5.60. The molecular formula is C27H52O2. The van der Waals surface area contributed by atoms with Crippen molar-refractivity contribution < 1.29 is 9.53 Å². The number of hydrogen-bond acceptors (Lipinski definition) is 2. The van der Waals surface area contributed by atoms with Gasteiger partial charge < -0.3 is 4.74 Å². The van der Waals surface area contributed by atoms with Gasteiger partial charge in [-0.2, -0.15) is 0 Å². The first-order valence-corrected chi connectivity index (χ1v) is 13.0. The molecule has 0 heterocycles. The minimum Gasteiger partial charge on any atom is -0.466 e. The summed E-state index contributed by atoms with van der Waals surface area (Å²) in [5.41, 5.74) is 0. The van der Waals surface area contributed by atoms with E-state index in [4.69, 9.17) is 4.74 Å². The molecule has 0 unspecified atom stereocenters. The van der Waals surface area contributed by atoms with E-state index < -0.39 is 0 Å². The standard InChI is InChI=1S/C27H52O2/c1-4-5-6-7-8-9-10-11-12-13-14-15-16-17-18-19-20-21-22-23-27(28)29-25-24-26(2)3/h11-12,26H,4-10,13-25H2,1-3H3/b12-11-. The number of carbonyl (C=O) groups is 1. The zero-order valence-corrected chi connectivity index (χ0v) is 20.2. The van der Waals surface area contributed by atoms with Gasteiger partial charge in [0, 0.05) is 6.42 Å². The van der Waals surface area contributed by atoms with Crippen LogP contribution in [0.5, 0.6) is 0 Å². The van der Waals surface area contributed by atoms with Crippen molar-refractivity contribution in [3.63, 3.8) is 0 Å². The molecule has 0 aromatic carbocycles. The minimum absolute atomic E-state index is 0.00771. The molecule has 0 bridgehead atoms.